The molecule has 0 aliphatic heterocycles. The van der Waals surface area contributed by atoms with Gasteiger partial charge < -0.3 is 5.32 Å². The van der Waals surface area contributed by atoms with Crippen LogP contribution in [-0.2, 0) is 0 Å². The average molecular weight is 266 g/mol. The van der Waals surface area contributed by atoms with Crippen molar-refractivity contribution in [1.29, 1.82) is 0 Å². The van der Waals surface area contributed by atoms with E-state index in [0.29, 0.717) is 23.8 Å². The van der Waals surface area contributed by atoms with Crippen molar-refractivity contribution in [2.45, 2.75) is 13.8 Å². The van der Waals surface area contributed by atoms with Crippen LogP contribution in [0.15, 0.2) is 6.07 Å². The van der Waals surface area contributed by atoms with Crippen molar-refractivity contribution in [2.24, 2.45) is 0 Å². The highest BCUT2D eigenvalue weighted by Gasteiger charge is 2.18. The molecule has 5 nitrogen and oxygen atoms in total. The Morgan fingerprint density at radius 1 is 1.56 bits per heavy atom. The zero-order valence-electron chi connectivity index (χ0n) is 8.99. The van der Waals surface area contributed by atoms with Gasteiger partial charge >= 0.3 is 5.69 Å². The van der Waals surface area contributed by atoms with E-state index in [1.165, 1.54) is 0 Å². The summed E-state index contributed by atoms with van der Waals surface area (Å²) in [5.41, 5.74) is 1.66. The highest BCUT2D eigenvalue weighted by Crippen LogP contribution is 2.27. The largest absolute Gasteiger partial charge is 0.378 e. The first kappa shape index (κ1) is 14.9. The molecule has 90 valence electrons. The summed E-state index contributed by atoms with van der Waals surface area (Å²) in [6, 6.07) is 1.65. The SMILES string of the molecule is Cc1cc(NCCCl)c([N+](=O)[O-])c(C)n1.Cl. The van der Waals surface area contributed by atoms with Crippen LogP contribution in [0.5, 0.6) is 0 Å². The second-order valence-electron chi connectivity index (χ2n) is 3.12. The Hall–Kier alpha value is -1.07. The molecule has 0 aliphatic rings. The normalized spacial score (nSPS) is 9.44. The molecule has 1 rings (SSSR count). The smallest absolute Gasteiger partial charge is 0.313 e. The minimum absolute atomic E-state index is 0. The number of aromatic nitrogens is 1. The van der Waals surface area contributed by atoms with Crippen LogP contribution in [0, 0.1) is 24.0 Å². The van der Waals surface area contributed by atoms with Gasteiger partial charge in [0.1, 0.15) is 11.4 Å². The van der Waals surface area contributed by atoms with Crippen LogP contribution in [0.1, 0.15) is 11.4 Å². The molecule has 1 N–H and O–H groups in total. The molecule has 0 atom stereocenters. The summed E-state index contributed by atoms with van der Waals surface area (Å²) in [6.45, 7) is 3.91. The number of pyridine rings is 1. The second kappa shape index (κ2) is 6.50. The van der Waals surface area contributed by atoms with Gasteiger partial charge in [-0.1, -0.05) is 0 Å². The van der Waals surface area contributed by atoms with Gasteiger partial charge in [0.25, 0.3) is 0 Å². The van der Waals surface area contributed by atoms with Gasteiger partial charge in [-0.3, -0.25) is 15.1 Å². The van der Waals surface area contributed by atoms with Crippen molar-refractivity contribution < 1.29 is 4.92 Å². The maximum atomic E-state index is 10.8. The number of rotatable bonds is 4. The molecule has 0 radical (unpaired) electrons. The molecule has 1 aromatic rings. The summed E-state index contributed by atoms with van der Waals surface area (Å²) in [5, 5.41) is 13.7. The first-order valence-corrected chi connectivity index (χ1v) is 5.02. The summed E-state index contributed by atoms with van der Waals surface area (Å²) < 4.78 is 0. The zero-order valence-corrected chi connectivity index (χ0v) is 10.6. The van der Waals surface area contributed by atoms with Gasteiger partial charge in [-0.25, -0.2) is 0 Å². The Balaban J connectivity index is 0.00000225. The molecule has 7 heteroatoms. The topological polar surface area (TPSA) is 68.1 Å². The molecule has 0 amide bonds. The lowest BCUT2D eigenvalue weighted by Gasteiger charge is -2.07. The molecule has 0 bridgehead atoms. The summed E-state index contributed by atoms with van der Waals surface area (Å²) in [5.74, 6) is 0.400. The fourth-order valence-electron chi connectivity index (χ4n) is 1.37. The lowest BCUT2D eigenvalue weighted by atomic mass is 10.2. The van der Waals surface area contributed by atoms with Crippen LogP contribution >= 0.6 is 24.0 Å². The molecule has 1 aromatic heterocycles. The molecule has 0 saturated heterocycles. The van der Waals surface area contributed by atoms with Gasteiger partial charge in [-0.2, -0.15) is 0 Å². The fraction of sp³-hybridized carbons (Fsp3) is 0.444. The number of alkyl halides is 1. The van der Waals surface area contributed by atoms with Crippen molar-refractivity contribution in [2.75, 3.05) is 17.7 Å². The molecular formula is C9H13Cl2N3O2. The van der Waals surface area contributed by atoms with Crippen molar-refractivity contribution >= 4 is 35.4 Å². The summed E-state index contributed by atoms with van der Waals surface area (Å²) in [6.07, 6.45) is 0. The highest BCUT2D eigenvalue weighted by molar-refractivity contribution is 6.18. The summed E-state index contributed by atoms with van der Waals surface area (Å²) in [4.78, 5) is 14.4. The van der Waals surface area contributed by atoms with Crippen LogP contribution in [0.25, 0.3) is 0 Å². The maximum absolute atomic E-state index is 10.8. The number of hydrogen-bond acceptors (Lipinski definition) is 4. The number of nitro groups is 1. The molecule has 0 aromatic carbocycles. The molecular weight excluding hydrogens is 253 g/mol. The predicted octanol–water partition coefficient (Wildman–Crippen LogP) is 2.68. The summed E-state index contributed by atoms with van der Waals surface area (Å²) >= 11 is 5.51. The van der Waals surface area contributed by atoms with Crippen molar-refractivity contribution in [3.63, 3.8) is 0 Å². The third-order valence-electron chi connectivity index (χ3n) is 1.89. The standard InChI is InChI=1S/C9H12ClN3O2.ClH/c1-6-5-8(11-4-3-10)9(13(14)15)7(2)12-6;/h5H,3-4H2,1-2H3,(H,11,12);1H. The minimum atomic E-state index is -0.432. The van der Waals surface area contributed by atoms with E-state index in [4.69, 9.17) is 11.6 Å². The molecule has 0 aliphatic carbocycles. The number of nitrogens with one attached hydrogen (secondary N) is 1. The van der Waals surface area contributed by atoms with E-state index in [9.17, 15) is 10.1 Å². The third-order valence-corrected chi connectivity index (χ3v) is 2.08. The van der Waals surface area contributed by atoms with Crippen LogP contribution in [0.2, 0.25) is 0 Å². The van der Waals surface area contributed by atoms with E-state index < -0.39 is 4.92 Å². The number of hydrogen-bond donors (Lipinski definition) is 1. The molecule has 0 saturated carbocycles. The van der Waals surface area contributed by atoms with Crippen molar-refractivity contribution in [3.8, 4) is 0 Å². The maximum Gasteiger partial charge on any atom is 0.313 e. The average Bonchev–Trinajstić information content (AvgIpc) is 2.12. The number of aryl methyl sites for hydroxylation is 2. The van der Waals surface area contributed by atoms with E-state index in [1.807, 2.05) is 0 Å². The lowest BCUT2D eigenvalue weighted by molar-refractivity contribution is -0.384. The van der Waals surface area contributed by atoms with Gasteiger partial charge in [0.05, 0.1) is 4.92 Å². The first-order chi connectivity index (χ1) is 7.06. The van der Waals surface area contributed by atoms with Gasteiger partial charge in [-0.15, -0.1) is 24.0 Å². The van der Waals surface area contributed by atoms with Crippen LogP contribution in [-0.4, -0.2) is 22.3 Å². The van der Waals surface area contributed by atoms with Crippen LogP contribution in [0.4, 0.5) is 11.4 Å². The van der Waals surface area contributed by atoms with Crippen LogP contribution in [0.3, 0.4) is 0 Å². The van der Waals surface area contributed by atoms with Crippen molar-refractivity contribution in [1.82, 2.24) is 4.98 Å². The first-order valence-electron chi connectivity index (χ1n) is 4.48. The molecule has 0 fully saturated rings. The van der Waals surface area contributed by atoms with Gasteiger partial charge in [0, 0.05) is 18.1 Å². The monoisotopic (exact) mass is 265 g/mol. The Kier molecular flexibility index (Phi) is 6.06. The Bertz CT molecular complexity index is 385. The lowest BCUT2D eigenvalue weighted by Crippen LogP contribution is -2.07. The van der Waals surface area contributed by atoms with Crippen LogP contribution < -0.4 is 5.32 Å². The van der Waals surface area contributed by atoms with Gasteiger partial charge in [0.2, 0.25) is 0 Å². The fourth-order valence-corrected chi connectivity index (χ4v) is 1.46. The Morgan fingerprint density at radius 2 is 2.19 bits per heavy atom. The molecule has 1 heterocycles. The predicted molar refractivity (Wildman–Crippen MR) is 66.8 cm³/mol. The Morgan fingerprint density at radius 3 is 2.69 bits per heavy atom. The van der Waals surface area contributed by atoms with Gasteiger partial charge in [-0.05, 0) is 19.9 Å². The second-order valence-corrected chi connectivity index (χ2v) is 3.50. The van der Waals surface area contributed by atoms with E-state index in [0.717, 1.165) is 5.69 Å². The zero-order chi connectivity index (χ0) is 11.4. The molecule has 0 unspecified atom stereocenters. The Labute approximate surface area is 105 Å². The van der Waals surface area contributed by atoms with Gasteiger partial charge in [0.15, 0.2) is 0 Å². The minimum Gasteiger partial charge on any atom is -0.378 e. The molecule has 0 spiro atoms. The van der Waals surface area contributed by atoms with E-state index in [-0.39, 0.29) is 18.1 Å². The van der Waals surface area contributed by atoms with E-state index >= 15 is 0 Å². The van der Waals surface area contributed by atoms with Crippen molar-refractivity contribution in [3.05, 3.63) is 27.6 Å². The number of halogens is 2. The van der Waals surface area contributed by atoms with E-state index in [1.54, 1.807) is 19.9 Å². The molecule has 16 heavy (non-hydrogen) atoms. The quantitative estimate of drug-likeness (QED) is 0.516. The van der Waals surface area contributed by atoms with E-state index in [2.05, 4.69) is 10.3 Å². The summed E-state index contributed by atoms with van der Waals surface area (Å²) in [7, 11) is 0. The third kappa shape index (κ3) is 3.50. The number of nitrogens with zero attached hydrogens (tertiary/aromatic N) is 2. The highest BCUT2D eigenvalue weighted by atomic mass is 35.5. The number of anilines is 1.